The molecule has 2 heteroatoms. The van der Waals surface area contributed by atoms with Gasteiger partial charge in [-0.1, -0.05) is 47.0 Å². The highest BCUT2D eigenvalue weighted by Gasteiger charge is 2.14. The molecule has 2 unspecified atom stereocenters. The molecule has 1 saturated heterocycles. The zero-order valence-electron chi connectivity index (χ0n) is 14.0. The van der Waals surface area contributed by atoms with E-state index in [2.05, 4.69) is 39.9 Å². The van der Waals surface area contributed by atoms with E-state index in [-0.39, 0.29) is 0 Å². The number of aliphatic hydroxyl groups excluding tert-OH is 1. The molecule has 2 N–H and O–H groups in total. The van der Waals surface area contributed by atoms with Gasteiger partial charge in [0, 0.05) is 12.6 Å². The number of hydrogen-bond donors (Lipinski definition) is 2. The lowest BCUT2D eigenvalue weighted by molar-refractivity contribution is 0.217. The summed E-state index contributed by atoms with van der Waals surface area (Å²) < 4.78 is 0. The molecule has 1 heterocycles. The van der Waals surface area contributed by atoms with Crippen LogP contribution in [0.2, 0.25) is 0 Å². The Hall–Kier alpha value is -0.0800. The third-order valence-corrected chi connectivity index (χ3v) is 4.38. The third-order valence-electron chi connectivity index (χ3n) is 4.38. The van der Waals surface area contributed by atoms with Crippen LogP contribution in [0.25, 0.3) is 0 Å². The molecule has 1 fully saturated rings. The molecule has 0 aromatic carbocycles. The fourth-order valence-electron chi connectivity index (χ4n) is 2.22. The van der Waals surface area contributed by atoms with E-state index in [1.165, 1.54) is 51.5 Å². The first-order chi connectivity index (χ1) is 8.91. The minimum atomic E-state index is 0.340. The van der Waals surface area contributed by atoms with Gasteiger partial charge in [0.15, 0.2) is 0 Å². The van der Waals surface area contributed by atoms with Gasteiger partial charge in [-0.15, -0.1) is 0 Å². The van der Waals surface area contributed by atoms with Gasteiger partial charge in [0.25, 0.3) is 0 Å². The van der Waals surface area contributed by atoms with Gasteiger partial charge in [0.2, 0.25) is 0 Å². The SMILES string of the molecule is CC1CCCCN1.CCC(C)(C)CCCC(C)CO. The Kier molecular flexibility index (Phi) is 10.6. The Morgan fingerprint density at radius 3 is 2.37 bits per heavy atom. The van der Waals surface area contributed by atoms with Crippen LogP contribution in [-0.4, -0.2) is 24.3 Å². The Labute approximate surface area is 121 Å². The standard InChI is InChI=1S/C11H24O.C6H13N/c1-5-11(3,4)8-6-7-10(2)9-12;1-6-4-2-3-5-7-6/h10,12H,5-9H2,1-4H3;6-7H,2-5H2,1H3. The third kappa shape index (κ3) is 11.4. The molecule has 0 aromatic heterocycles. The van der Waals surface area contributed by atoms with Gasteiger partial charge in [0.05, 0.1) is 0 Å². The number of piperidine rings is 1. The maximum atomic E-state index is 8.82. The smallest absolute Gasteiger partial charge is 0.0456 e. The Morgan fingerprint density at radius 2 is 2.00 bits per heavy atom. The Balaban J connectivity index is 0.000000388. The molecule has 1 rings (SSSR count). The first kappa shape index (κ1) is 18.9. The van der Waals surface area contributed by atoms with E-state index < -0.39 is 0 Å². The van der Waals surface area contributed by atoms with Crippen LogP contribution in [0, 0.1) is 11.3 Å². The fraction of sp³-hybridized carbons (Fsp3) is 1.00. The van der Waals surface area contributed by atoms with Crippen LogP contribution in [0.15, 0.2) is 0 Å². The van der Waals surface area contributed by atoms with Gasteiger partial charge in [-0.2, -0.15) is 0 Å². The van der Waals surface area contributed by atoms with Crippen molar-refractivity contribution in [3.05, 3.63) is 0 Å². The van der Waals surface area contributed by atoms with Crippen LogP contribution >= 0.6 is 0 Å². The van der Waals surface area contributed by atoms with Gasteiger partial charge in [0.1, 0.15) is 0 Å². The van der Waals surface area contributed by atoms with Crippen molar-refractivity contribution in [2.45, 2.75) is 85.6 Å². The molecule has 2 nitrogen and oxygen atoms in total. The molecule has 0 radical (unpaired) electrons. The molecule has 1 aliphatic heterocycles. The summed E-state index contributed by atoms with van der Waals surface area (Å²) in [5, 5.41) is 12.2. The summed E-state index contributed by atoms with van der Waals surface area (Å²) in [6.07, 6.45) is 9.13. The van der Waals surface area contributed by atoms with Gasteiger partial charge >= 0.3 is 0 Å². The second-order valence-corrected chi connectivity index (χ2v) is 7.05. The van der Waals surface area contributed by atoms with E-state index >= 15 is 0 Å². The highest BCUT2D eigenvalue weighted by atomic mass is 16.3. The summed E-state index contributed by atoms with van der Waals surface area (Å²) in [6.45, 7) is 12.8. The predicted molar refractivity (Wildman–Crippen MR) is 85.5 cm³/mol. The lowest BCUT2D eigenvalue weighted by Crippen LogP contribution is -2.30. The van der Waals surface area contributed by atoms with Gasteiger partial charge in [-0.25, -0.2) is 0 Å². The van der Waals surface area contributed by atoms with E-state index in [4.69, 9.17) is 5.11 Å². The van der Waals surface area contributed by atoms with E-state index in [9.17, 15) is 0 Å². The molecule has 0 saturated carbocycles. The zero-order valence-corrected chi connectivity index (χ0v) is 14.0. The first-order valence-corrected chi connectivity index (χ1v) is 8.25. The molecular weight excluding hydrogens is 234 g/mol. The van der Waals surface area contributed by atoms with E-state index in [1.807, 2.05) is 0 Å². The minimum absolute atomic E-state index is 0.340. The largest absolute Gasteiger partial charge is 0.396 e. The monoisotopic (exact) mass is 271 g/mol. The highest BCUT2D eigenvalue weighted by molar-refractivity contribution is 4.67. The molecule has 0 bridgehead atoms. The average Bonchev–Trinajstić information content (AvgIpc) is 2.40. The maximum absolute atomic E-state index is 8.82. The Morgan fingerprint density at radius 1 is 1.32 bits per heavy atom. The summed E-state index contributed by atoms with van der Waals surface area (Å²) in [6, 6.07) is 0.786. The number of aliphatic hydroxyl groups is 1. The molecule has 19 heavy (non-hydrogen) atoms. The minimum Gasteiger partial charge on any atom is -0.396 e. The summed E-state index contributed by atoms with van der Waals surface area (Å²) >= 11 is 0. The molecule has 0 spiro atoms. The second-order valence-electron chi connectivity index (χ2n) is 7.05. The molecular formula is C17H37NO. The molecule has 1 aliphatic rings. The van der Waals surface area contributed by atoms with Crippen LogP contribution in [-0.2, 0) is 0 Å². The predicted octanol–water partition coefficient (Wildman–Crippen LogP) is 4.37. The fourth-order valence-corrected chi connectivity index (χ4v) is 2.22. The van der Waals surface area contributed by atoms with Crippen molar-refractivity contribution in [2.75, 3.05) is 13.2 Å². The van der Waals surface area contributed by atoms with Gasteiger partial charge in [-0.3, -0.25) is 0 Å². The van der Waals surface area contributed by atoms with Gasteiger partial charge in [-0.05, 0) is 50.5 Å². The van der Waals surface area contributed by atoms with Crippen molar-refractivity contribution in [1.29, 1.82) is 0 Å². The number of rotatable bonds is 6. The molecule has 2 atom stereocenters. The molecule has 116 valence electrons. The van der Waals surface area contributed by atoms with Crippen molar-refractivity contribution in [2.24, 2.45) is 11.3 Å². The number of nitrogens with one attached hydrogen (secondary N) is 1. The normalized spacial score (nSPS) is 21.5. The lowest BCUT2D eigenvalue weighted by Gasteiger charge is -2.22. The van der Waals surface area contributed by atoms with Crippen molar-refractivity contribution >= 4 is 0 Å². The summed E-state index contributed by atoms with van der Waals surface area (Å²) in [5.41, 5.74) is 0.495. The molecule has 0 aliphatic carbocycles. The van der Waals surface area contributed by atoms with Crippen LogP contribution in [0.1, 0.15) is 79.6 Å². The first-order valence-electron chi connectivity index (χ1n) is 8.25. The quantitative estimate of drug-likeness (QED) is 0.752. The van der Waals surface area contributed by atoms with Gasteiger partial charge < -0.3 is 10.4 Å². The van der Waals surface area contributed by atoms with Crippen molar-refractivity contribution in [1.82, 2.24) is 5.32 Å². The molecule has 0 amide bonds. The van der Waals surface area contributed by atoms with E-state index in [0.29, 0.717) is 17.9 Å². The summed E-state index contributed by atoms with van der Waals surface area (Å²) in [4.78, 5) is 0. The summed E-state index contributed by atoms with van der Waals surface area (Å²) in [5.74, 6) is 0.484. The second kappa shape index (κ2) is 10.7. The van der Waals surface area contributed by atoms with Crippen molar-refractivity contribution < 1.29 is 5.11 Å². The van der Waals surface area contributed by atoms with Crippen molar-refractivity contribution in [3.8, 4) is 0 Å². The maximum Gasteiger partial charge on any atom is 0.0456 e. The van der Waals surface area contributed by atoms with E-state index in [1.54, 1.807) is 0 Å². The van der Waals surface area contributed by atoms with Crippen LogP contribution in [0.3, 0.4) is 0 Å². The van der Waals surface area contributed by atoms with Crippen LogP contribution in [0.5, 0.6) is 0 Å². The average molecular weight is 271 g/mol. The Bertz CT molecular complexity index is 197. The highest BCUT2D eigenvalue weighted by Crippen LogP contribution is 2.27. The number of hydrogen-bond acceptors (Lipinski definition) is 2. The topological polar surface area (TPSA) is 32.3 Å². The lowest BCUT2D eigenvalue weighted by atomic mass is 9.84. The van der Waals surface area contributed by atoms with Crippen molar-refractivity contribution in [3.63, 3.8) is 0 Å². The van der Waals surface area contributed by atoms with E-state index in [0.717, 1.165) is 6.04 Å². The zero-order chi connectivity index (χ0) is 14.7. The molecule has 0 aromatic rings. The van der Waals surface area contributed by atoms with Crippen LogP contribution in [0.4, 0.5) is 0 Å². The van der Waals surface area contributed by atoms with Crippen LogP contribution < -0.4 is 5.32 Å². The summed E-state index contributed by atoms with van der Waals surface area (Å²) in [7, 11) is 0.